The van der Waals surface area contributed by atoms with Gasteiger partial charge < -0.3 is 13.6 Å². The minimum absolute atomic E-state index is 0.0472. The van der Waals surface area contributed by atoms with E-state index in [1.54, 1.807) is 5.57 Å². The van der Waals surface area contributed by atoms with Crippen molar-refractivity contribution in [1.82, 2.24) is 0 Å². The van der Waals surface area contributed by atoms with E-state index in [1.807, 2.05) is 0 Å². The highest BCUT2D eigenvalue weighted by Crippen LogP contribution is 2.58. The first kappa shape index (κ1) is 37.9. The first-order chi connectivity index (χ1) is 19.9. The second-order valence-corrected chi connectivity index (χ2v) is 28.6. The molecule has 0 radical (unpaired) electrons. The molecule has 0 N–H and O–H groups in total. The van der Waals surface area contributed by atoms with Gasteiger partial charge in [0.2, 0.25) is 0 Å². The number of hydrogen-bond donors (Lipinski definition) is 0. The van der Waals surface area contributed by atoms with Crippen molar-refractivity contribution >= 4 is 22.4 Å². The zero-order valence-electron chi connectivity index (χ0n) is 31.5. The highest BCUT2D eigenvalue weighted by molar-refractivity contribution is 6.74. The molecule has 0 aromatic carbocycles. The van der Waals surface area contributed by atoms with E-state index >= 15 is 0 Å². The van der Waals surface area contributed by atoms with Crippen molar-refractivity contribution in [3.8, 4) is 0 Å². The van der Waals surface area contributed by atoms with Crippen LogP contribution in [0.3, 0.4) is 0 Å². The standard InChI is InChI=1S/C38H70O4Si2/c1-27(40-24-23-35(2,3)4)30-20-21-31-29(17-16-22-38(30,31)11)19-18-28-25-32(41-43(12,13)36(5,6)7)34(39)33(26-28)42-44(14,15)37(8,9)10/h18-19,27,30-33H,16-17,20-26H2,1-15H3/b29-19+/t27-,30?,31?,32-,33-,38?/m1/s1. The first-order valence-electron chi connectivity index (χ1n) is 17.8. The fraction of sp³-hybridized carbons (Fsp3) is 0.868. The summed E-state index contributed by atoms with van der Waals surface area (Å²) in [5, 5.41) is 0.0943. The zero-order valence-corrected chi connectivity index (χ0v) is 33.5. The summed E-state index contributed by atoms with van der Waals surface area (Å²) in [5.74, 6) is 1.39. The molecule has 3 fully saturated rings. The minimum atomic E-state index is -2.13. The molecule has 3 unspecified atom stereocenters. The monoisotopic (exact) mass is 646 g/mol. The van der Waals surface area contributed by atoms with Crippen LogP contribution in [-0.4, -0.2) is 47.3 Å². The number of carbonyl (C=O) groups is 1. The first-order valence-corrected chi connectivity index (χ1v) is 23.6. The Kier molecular flexibility index (Phi) is 11.7. The van der Waals surface area contributed by atoms with E-state index in [9.17, 15) is 4.79 Å². The van der Waals surface area contributed by atoms with E-state index in [4.69, 9.17) is 13.6 Å². The fourth-order valence-corrected chi connectivity index (χ4v) is 9.84. The average Bonchev–Trinajstić information content (AvgIpc) is 3.20. The van der Waals surface area contributed by atoms with Crippen LogP contribution in [0.5, 0.6) is 0 Å². The van der Waals surface area contributed by atoms with Crippen molar-refractivity contribution in [2.75, 3.05) is 6.61 Å². The largest absolute Gasteiger partial charge is 0.406 e. The lowest BCUT2D eigenvalue weighted by Gasteiger charge is -2.44. The summed E-state index contributed by atoms with van der Waals surface area (Å²) in [6.07, 6.45) is 13.0. The van der Waals surface area contributed by atoms with Gasteiger partial charge in [0, 0.05) is 19.4 Å². The van der Waals surface area contributed by atoms with Gasteiger partial charge in [0.15, 0.2) is 22.4 Å². The lowest BCUT2D eigenvalue weighted by Crippen LogP contribution is -2.53. The molecule has 0 heterocycles. The van der Waals surface area contributed by atoms with Gasteiger partial charge in [-0.15, -0.1) is 0 Å². The number of hydrogen-bond acceptors (Lipinski definition) is 4. The third-order valence-electron chi connectivity index (χ3n) is 12.4. The fourth-order valence-electron chi connectivity index (χ4n) is 7.31. The van der Waals surface area contributed by atoms with Crippen LogP contribution >= 0.6 is 0 Å². The van der Waals surface area contributed by atoms with Crippen molar-refractivity contribution in [1.29, 1.82) is 0 Å². The van der Waals surface area contributed by atoms with Gasteiger partial charge >= 0.3 is 0 Å². The molecule has 6 atom stereocenters. The third kappa shape index (κ3) is 8.87. The average molecular weight is 647 g/mol. The molecule has 0 amide bonds. The van der Waals surface area contributed by atoms with Crippen LogP contribution in [0.15, 0.2) is 23.3 Å². The van der Waals surface area contributed by atoms with Gasteiger partial charge in [-0.1, -0.05) is 92.5 Å². The highest BCUT2D eigenvalue weighted by Gasteiger charge is 2.51. The smallest absolute Gasteiger partial charge is 0.193 e. The molecule has 0 spiro atoms. The minimum Gasteiger partial charge on any atom is -0.406 e. The topological polar surface area (TPSA) is 44.8 Å². The SMILES string of the molecule is C[C@@H](OCCC(C)(C)C)C1CCC2/C(=C/C=C3C[C@@H](O[Si](C)(C)C(C)(C)C)C(=O)[C@H](O[Si](C)(C)C(C)(C)C)C3)CCCC21C. The Hall–Kier alpha value is -0.536. The van der Waals surface area contributed by atoms with Crippen molar-refractivity contribution in [3.63, 3.8) is 0 Å². The summed E-state index contributed by atoms with van der Waals surface area (Å²) < 4.78 is 20.2. The summed E-state index contributed by atoms with van der Waals surface area (Å²) in [6.45, 7) is 35.2. The zero-order chi connectivity index (χ0) is 33.5. The molecule has 0 bridgehead atoms. The number of rotatable bonds is 9. The Morgan fingerprint density at radius 1 is 0.864 bits per heavy atom. The maximum Gasteiger partial charge on any atom is 0.193 e. The molecular weight excluding hydrogens is 577 g/mol. The normalized spacial score (nSPS) is 30.9. The van der Waals surface area contributed by atoms with E-state index in [-0.39, 0.29) is 15.9 Å². The van der Waals surface area contributed by atoms with E-state index in [0.29, 0.717) is 41.6 Å². The molecule has 0 aromatic rings. The van der Waals surface area contributed by atoms with Gasteiger partial charge in [0.05, 0.1) is 6.10 Å². The summed E-state index contributed by atoms with van der Waals surface area (Å²) in [4.78, 5) is 13.9. The van der Waals surface area contributed by atoms with E-state index in [1.165, 1.54) is 37.7 Å². The maximum absolute atomic E-state index is 13.9. The molecule has 3 aliphatic rings. The molecule has 3 rings (SSSR count). The second kappa shape index (κ2) is 13.5. The Bertz CT molecular complexity index is 1030. The van der Waals surface area contributed by atoms with E-state index in [2.05, 4.69) is 115 Å². The van der Waals surface area contributed by atoms with Crippen molar-refractivity contribution in [2.24, 2.45) is 22.7 Å². The lowest BCUT2D eigenvalue weighted by molar-refractivity contribution is -0.135. The third-order valence-corrected chi connectivity index (χ3v) is 21.4. The number of ketones is 1. The van der Waals surface area contributed by atoms with Crippen LogP contribution in [0.2, 0.25) is 36.3 Å². The van der Waals surface area contributed by atoms with Gasteiger partial charge in [-0.2, -0.15) is 0 Å². The van der Waals surface area contributed by atoms with Gasteiger partial charge in [0.1, 0.15) is 12.2 Å². The van der Waals surface area contributed by atoms with Gasteiger partial charge in [0.25, 0.3) is 0 Å². The Labute approximate surface area is 274 Å². The van der Waals surface area contributed by atoms with E-state index in [0.717, 1.165) is 13.0 Å². The number of allylic oxidation sites excluding steroid dienone is 3. The molecule has 6 heteroatoms. The van der Waals surface area contributed by atoms with Crippen LogP contribution in [-0.2, 0) is 18.4 Å². The molecule has 0 aliphatic heterocycles. The Morgan fingerprint density at radius 3 is 1.86 bits per heavy atom. The number of ether oxygens (including phenoxy) is 1. The molecule has 254 valence electrons. The van der Waals surface area contributed by atoms with Crippen LogP contribution < -0.4 is 0 Å². The Balaban J connectivity index is 1.85. The van der Waals surface area contributed by atoms with Crippen molar-refractivity contribution in [3.05, 3.63) is 23.3 Å². The second-order valence-electron chi connectivity index (χ2n) is 19.1. The van der Waals surface area contributed by atoms with Gasteiger partial charge in [-0.25, -0.2) is 0 Å². The van der Waals surface area contributed by atoms with Crippen LogP contribution in [0.25, 0.3) is 0 Å². The lowest BCUT2D eigenvalue weighted by atomic mass is 9.62. The molecule has 3 aliphatic carbocycles. The van der Waals surface area contributed by atoms with Gasteiger partial charge in [-0.3, -0.25) is 4.79 Å². The molecule has 0 aromatic heterocycles. The molecule has 4 nitrogen and oxygen atoms in total. The van der Waals surface area contributed by atoms with Crippen LogP contribution in [0.1, 0.15) is 128 Å². The van der Waals surface area contributed by atoms with E-state index < -0.39 is 28.8 Å². The predicted octanol–water partition coefficient (Wildman–Crippen LogP) is 11.0. The molecule has 44 heavy (non-hydrogen) atoms. The Morgan fingerprint density at radius 2 is 1.39 bits per heavy atom. The summed E-state index contributed by atoms with van der Waals surface area (Å²) in [6, 6.07) is 0. The van der Waals surface area contributed by atoms with Crippen LogP contribution in [0, 0.1) is 22.7 Å². The predicted molar refractivity (Wildman–Crippen MR) is 192 cm³/mol. The summed E-state index contributed by atoms with van der Waals surface area (Å²) >= 11 is 0. The highest BCUT2D eigenvalue weighted by atomic mass is 28.4. The summed E-state index contributed by atoms with van der Waals surface area (Å²) in [7, 11) is -4.26. The number of Topliss-reactive ketones (excluding diaryl/α,β-unsaturated/α-hetero) is 1. The van der Waals surface area contributed by atoms with Crippen molar-refractivity contribution in [2.45, 2.75) is 182 Å². The molecular formula is C38H70O4Si2. The molecule has 0 saturated heterocycles. The van der Waals surface area contributed by atoms with Crippen LogP contribution in [0.4, 0.5) is 0 Å². The number of carbonyl (C=O) groups excluding carboxylic acids is 1. The van der Waals surface area contributed by atoms with Crippen molar-refractivity contribution < 1.29 is 18.4 Å². The molecule has 3 saturated carbocycles. The van der Waals surface area contributed by atoms with Gasteiger partial charge in [-0.05, 0) is 104 Å². The quantitative estimate of drug-likeness (QED) is 0.234. The maximum atomic E-state index is 13.9. The number of fused-ring (bicyclic) bond motifs is 1. The summed E-state index contributed by atoms with van der Waals surface area (Å²) in [5.41, 5.74) is 3.53.